The van der Waals surface area contributed by atoms with Gasteiger partial charge in [-0.2, -0.15) is 5.26 Å². The maximum Gasteiger partial charge on any atom is 0.230 e. The van der Waals surface area contributed by atoms with E-state index in [1.165, 1.54) is 37.9 Å². The third-order valence-corrected chi connectivity index (χ3v) is 5.96. The lowest BCUT2D eigenvalue weighted by atomic mass is 10.1. The second-order valence-corrected chi connectivity index (χ2v) is 8.22. The van der Waals surface area contributed by atoms with Gasteiger partial charge in [-0.1, -0.05) is 42.8 Å². The largest absolute Gasteiger partial charge is 0.351 e. The number of hydrogen-bond donors (Lipinski definition) is 1. The van der Waals surface area contributed by atoms with Gasteiger partial charge in [-0.05, 0) is 54.8 Å². The summed E-state index contributed by atoms with van der Waals surface area (Å²) >= 11 is 1.58. The quantitative estimate of drug-likeness (QED) is 0.734. The average Bonchev–Trinajstić information content (AvgIpc) is 2.74. The van der Waals surface area contributed by atoms with Gasteiger partial charge < -0.3 is 5.32 Å². The first kappa shape index (κ1) is 20.4. The minimum absolute atomic E-state index is 0.0519. The molecular weight excluding hydrogens is 366 g/mol. The monoisotopic (exact) mass is 393 g/mol. The van der Waals surface area contributed by atoms with Gasteiger partial charge in [-0.15, -0.1) is 11.8 Å². The van der Waals surface area contributed by atoms with E-state index >= 15 is 0 Å². The van der Waals surface area contributed by atoms with Gasteiger partial charge in [0, 0.05) is 18.8 Å². The Kier molecular flexibility index (Phi) is 7.95. The molecular formula is C23H27N3OS. The molecule has 1 N–H and O–H groups in total. The number of nitrogens with one attached hydrogen (secondary N) is 1. The topological polar surface area (TPSA) is 56.1 Å². The molecule has 1 fully saturated rings. The predicted molar refractivity (Wildman–Crippen MR) is 115 cm³/mol. The molecule has 3 rings (SSSR count). The number of likely N-dealkylation sites (tertiary alicyclic amines) is 1. The van der Waals surface area contributed by atoms with Crippen LogP contribution in [0.1, 0.15) is 41.5 Å². The summed E-state index contributed by atoms with van der Waals surface area (Å²) in [7, 11) is 0. The number of nitriles is 1. The van der Waals surface area contributed by atoms with Crippen molar-refractivity contribution in [1.82, 2.24) is 10.2 Å². The van der Waals surface area contributed by atoms with Crippen LogP contribution >= 0.6 is 11.8 Å². The molecule has 146 valence electrons. The Morgan fingerprint density at radius 3 is 2.29 bits per heavy atom. The standard InChI is InChI=1S/C23H27N3OS/c24-14-19-4-10-22(11-5-19)17-28-18-23(27)25-15-20-6-8-21(9-7-20)16-26-12-2-1-3-13-26/h4-11H,1-3,12-13,15-18H2,(H,25,27). The first-order chi connectivity index (χ1) is 13.7. The molecule has 0 atom stereocenters. The van der Waals surface area contributed by atoms with Crippen LogP contribution < -0.4 is 5.32 Å². The van der Waals surface area contributed by atoms with E-state index in [-0.39, 0.29) is 5.91 Å². The highest BCUT2D eigenvalue weighted by Gasteiger charge is 2.10. The molecule has 2 aromatic carbocycles. The summed E-state index contributed by atoms with van der Waals surface area (Å²) in [5.74, 6) is 1.26. The molecule has 0 aromatic heterocycles. The van der Waals surface area contributed by atoms with E-state index in [0.717, 1.165) is 23.4 Å². The molecule has 0 aliphatic carbocycles. The SMILES string of the molecule is N#Cc1ccc(CSCC(=O)NCc2ccc(CN3CCCCC3)cc2)cc1. The number of thioether (sulfide) groups is 1. The molecule has 1 aliphatic heterocycles. The van der Waals surface area contributed by atoms with Crippen LogP contribution in [0, 0.1) is 11.3 Å². The van der Waals surface area contributed by atoms with E-state index in [1.807, 2.05) is 24.3 Å². The van der Waals surface area contributed by atoms with Gasteiger partial charge in [0.15, 0.2) is 0 Å². The summed E-state index contributed by atoms with van der Waals surface area (Å²) in [5, 5.41) is 11.8. The summed E-state index contributed by atoms with van der Waals surface area (Å²) in [6.45, 7) is 4.01. The van der Waals surface area contributed by atoms with Crippen molar-refractivity contribution < 1.29 is 4.79 Å². The van der Waals surface area contributed by atoms with Crippen molar-refractivity contribution >= 4 is 17.7 Å². The van der Waals surface area contributed by atoms with Gasteiger partial charge >= 0.3 is 0 Å². The van der Waals surface area contributed by atoms with Crippen LogP contribution in [-0.2, 0) is 23.6 Å². The molecule has 1 amide bonds. The van der Waals surface area contributed by atoms with E-state index in [1.54, 1.807) is 11.8 Å². The van der Waals surface area contributed by atoms with Gasteiger partial charge in [0.05, 0.1) is 17.4 Å². The molecule has 1 saturated heterocycles. The molecule has 1 heterocycles. The smallest absolute Gasteiger partial charge is 0.230 e. The fourth-order valence-corrected chi connectivity index (χ4v) is 4.14. The van der Waals surface area contributed by atoms with E-state index in [2.05, 4.69) is 40.6 Å². The summed E-state index contributed by atoms with van der Waals surface area (Å²) in [5.41, 5.74) is 4.26. The number of carbonyl (C=O) groups is 1. The lowest BCUT2D eigenvalue weighted by molar-refractivity contribution is -0.118. The van der Waals surface area contributed by atoms with Crippen molar-refractivity contribution in [3.63, 3.8) is 0 Å². The summed E-state index contributed by atoms with van der Waals surface area (Å²) in [6.07, 6.45) is 3.99. The Balaban J connectivity index is 1.35. The fourth-order valence-electron chi connectivity index (χ4n) is 3.33. The van der Waals surface area contributed by atoms with Crippen molar-refractivity contribution in [3.8, 4) is 6.07 Å². The summed E-state index contributed by atoms with van der Waals surface area (Å²) < 4.78 is 0. The Labute approximate surface area is 171 Å². The Bertz CT molecular complexity index is 790. The van der Waals surface area contributed by atoms with Crippen LogP contribution in [0.3, 0.4) is 0 Å². The normalized spacial score (nSPS) is 14.4. The fraction of sp³-hybridized carbons (Fsp3) is 0.391. The third-order valence-electron chi connectivity index (χ3n) is 4.95. The molecule has 0 spiro atoms. The van der Waals surface area contributed by atoms with Gasteiger partial charge in [-0.3, -0.25) is 9.69 Å². The second kappa shape index (κ2) is 10.9. The van der Waals surface area contributed by atoms with Crippen LogP contribution in [0.4, 0.5) is 0 Å². The van der Waals surface area contributed by atoms with Crippen LogP contribution in [0.5, 0.6) is 0 Å². The molecule has 28 heavy (non-hydrogen) atoms. The van der Waals surface area contributed by atoms with Gasteiger partial charge in [-0.25, -0.2) is 0 Å². The van der Waals surface area contributed by atoms with Crippen molar-refractivity contribution in [3.05, 3.63) is 70.8 Å². The van der Waals surface area contributed by atoms with E-state index in [9.17, 15) is 4.79 Å². The van der Waals surface area contributed by atoms with E-state index in [4.69, 9.17) is 5.26 Å². The number of rotatable bonds is 8. The molecule has 1 aliphatic rings. The molecule has 2 aromatic rings. The highest BCUT2D eigenvalue weighted by molar-refractivity contribution is 7.99. The minimum Gasteiger partial charge on any atom is -0.351 e. The molecule has 5 heteroatoms. The molecule has 0 radical (unpaired) electrons. The number of hydrogen-bond acceptors (Lipinski definition) is 4. The Morgan fingerprint density at radius 2 is 1.61 bits per heavy atom. The highest BCUT2D eigenvalue weighted by atomic mass is 32.2. The first-order valence-electron chi connectivity index (χ1n) is 9.86. The Morgan fingerprint density at radius 1 is 0.964 bits per heavy atom. The van der Waals surface area contributed by atoms with Crippen LogP contribution in [0.2, 0.25) is 0 Å². The van der Waals surface area contributed by atoms with E-state index in [0.29, 0.717) is 17.9 Å². The van der Waals surface area contributed by atoms with Gasteiger partial charge in [0.25, 0.3) is 0 Å². The number of nitrogens with zero attached hydrogens (tertiary/aromatic N) is 2. The van der Waals surface area contributed by atoms with Gasteiger partial charge in [0.2, 0.25) is 5.91 Å². The highest BCUT2D eigenvalue weighted by Crippen LogP contribution is 2.14. The van der Waals surface area contributed by atoms with Crippen molar-refractivity contribution in [2.24, 2.45) is 0 Å². The third kappa shape index (κ3) is 6.70. The molecule has 0 saturated carbocycles. The molecule has 4 nitrogen and oxygen atoms in total. The lowest BCUT2D eigenvalue weighted by Gasteiger charge is -2.26. The van der Waals surface area contributed by atoms with Crippen LogP contribution in [0.25, 0.3) is 0 Å². The Hall–Kier alpha value is -2.29. The maximum absolute atomic E-state index is 12.1. The number of piperidine rings is 1. The maximum atomic E-state index is 12.1. The summed E-state index contributed by atoms with van der Waals surface area (Å²) in [6, 6.07) is 18.2. The number of amides is 1. The van der Waals surface area contributed by atoms with Crippen molar-refractivity contribution in [2.45, 2.75) is 38.1 Å². The zero-order valence-corrected chi connectivity index (χ0v) is 17.0. The lowest BCUT2D eigenvalue weighted by Crippen LogP contribution is -2.29. The summed E-state index contributed by atoms with van der Waals surface area (Å²) in [4.78, 5) is 14.6. The minimum atomic E-state index is 0.0519. The first-order valence-corrected chi connectivity index (χ1v) is 11.0. The van der Waals surface area contributed by atoms with E-state index < -0.39 is 0 Å². The average molecular weight is 394 g/mol. The van der Waals surface area contributed by atoms with Crippen molar-refractivity contribution in [1.29, 1.82) is 5.26 Å². The zero-order chi connectivity index (χ0) is 19.6. The second-order valence-electron chi connectivity index (χ2n) is 7.23. The predicted octanol–water partition coefficient (Wildman–Crippen LogP) is 4.09. The number of carbonyl (C=O) groups excluding carboxylic acids is 1. The van der Waals surface area contributed by atoms with Crippen LogP contribution in [-0.4, -0.2) is 29.6 Å². The van der Waals surface area contributed by atoms with Crippen molar-refractivity contribution in [2.75, 3.05) is 18.8 Å². The van der Waals surface area contributed by atoms with Crippen LogP contribution in [0.15, 0.2) is 48.5 Å². The number of benzene rings is 2. The zero-order valence-electron chi connectivity index (χ0n) is 16.2. The van der Waals surface area contributed by atoms with Gasteiger partial charge in [0.1, 0.15) is 0 Å². The molecule has 0 unspecified atom stereocenters. The molecule has 0 bridgehead atoms.